The molecule has 0 spiro atoms. The highest BCUT2D eigenvalue weighted by Gasteiger charge is 2.28. The van der Waals surface area contributed by atoms with Crippen LogP contribution >= 0.6 is 0 Å². The van der Waals surface area contributed by atoms with Gasteiger partial charge in [-0.2, -0.15) is 0 Å². The Kier molecular flexibility index (Phi) is 17.6. The molecule has 1 saturated carbocycles. The summed E-state index contributed by atoms with van der Waals surface area (Å²) in [6, 6.07) is 17.6. The fraction of sp³-hybridized carbons (Fsp3) is 0.537. The van der Waals surface area contributed by atoms with Gasteiger partial charge in [-0.05, 0) is 88.6 Å². The third kappa shape index (κ3) is 13.2. The van der Waals surface area contributed by atoms with E-state index in [0.717, 1.165) is 54.3 Å². The molecule has 0 aliphatic heterocycles. The van der Waals surface area contributed by atoms with Gasteiger partial charge in [-0.25, -0.2) is 4.79 Å². The van der Waals surface area contributed by atoms with Gasteiger partial charge in [-0.1, -0.05) is 50.1 Å². The number of aryl methyl sites for hydroxylation is 1. The predicted octanol–water partition coefficient (Wildman–Crippen LogP) is 5.82. The minimum Gasteiger partial charge on any atom is -0.447 e. The van der Waals surface area contributed by atoms with Crippen LogP contribution in [0.5, 0.6) is 0 Å². The second-order valence-electron chi connectivity index (χ2n) is 13.4. The average Bonchev–Trinajstić information content (AvgIpc) is 3.54. The Morgan fingerprint density at radius 2 is 1.55 bits per heavy atom. The van der Waals surface area contributed by atoms with Gasteiger partial charge < -0.3 is 39.6 Å². The van der Waals surface area contributed by atoms with Crippen LogP contribution in [0.2, 0.25) is 0 Å². The van der Waals surface area contributed by atoms with Gasteiger partial charge in [0.1, 0.15) is 18.8 Å². The average molecular weight is 733 g/mol. The van der Waals surface area contributed by atoms with Crippen LogP contribution in [0.3, 0.4) is 0 Å². The van der Waals surface area contributed by atoms with Crippen LogP contribution in [-0.4, -0.2) is 87.1 Å². The van der Waals surface area contributed by atoms with Gasteiger partial charge in [0.25, 0.3) is 5.91 Å². The molecule has 4 rings (SSSR count). The monoisotopic (exact) mass is 732 g/mol. The molecule has 0 bridgehead atoms. The lowest BCUT2D eigenvalue weighted by Gasteiger charge is -2.28. The van der Waals surface area contributed by atoms with Gasteiger partial charge in [0.05, 0.1) is 19.8 Å². The zero-order chi connectivity index (χ0) is 37.8. The summed E-state index contributed by atoms with van der Waals surface area (Å²) in [4.78, 5) is 53.8. The minimum atomic E-state index is -0.452. The normalized spacial score (nSPS) is 15.5. The van der Waals surface area contributed by atoms with Crippen molar-refractivity contribution in [2.75, 3.05) is 57.6 Å². The summed E-state index contributed by atoms with van der Waals surface area (Å²) in [5, 5.41) is 9.93. The van der Waals surface area contributed by atoms with E-state index >= 15 is 0 Å². The number of likely N-dealkylation sites (N-methyl/N-ethyl adjacent to an activating group) is 1. The fourth-order valence-corrected chi connectivity index (χ4v) is 6.71. The molecule has 12 nitrogen and oxygen atoms in total. The smallest absolute Gasteiger partial charge is 0.407 e. The SMILES string of the molecule is [CH2]COCCOCCOC(=O)NCCCCCCNC(=O)[C@H]1CC[C@H](NC(=O)c2cc3ccccc3n2CC(=O)N(CC)c2cccc(CC)c2)CC1. The molecule has 3 aromatic rings. The Morgan fingerprint density at radius 3 is 2.28 bits per heavy atom. The Balaban J connectivity index is 1.15. The quantitative estimate of drug-likeness (QED) is 0.111. The number of carbonyl (C=O) groups excluding carboxylic acids is 4. The van der Waals surface area contributed by atoms with Gasteiger partial charge in [0.2, 0.25) is 11.8 Å². The van der Waals surface area contributed by atoms with Crippen molar-refractivity contribution in [1.82, 2.24) is 20.5 Å². The van der Waals surface area contributed by atoms with Crippen LogP contribution < -0.4 is 20.9 Å². The molecule has 1 heterocycles. The molecule has 2 aromatic carbocycles. The highest BCUT2D eigenvalue weighted by Crippen LogP contribution is 2.26. The maximum atomic E-state index is 13.7. The van der Waals surface area contributed by atoms with Gasteiger partial charge in [0.15, 0.2) is 0 Å². The molecule has 289 valence electrons. The number of benzene rings is 2. The Hall–Kier alpha value is -4.42. The lowest BCUT2D eigenvalue weighted by atomic mass is 9.85. The van der Waals surface area contributed by atoms with Crippen LogP contribution in [0.25, 0.3) is 10.9 Å². The summed E-state index contributed by atoms with van der Waals surface area (Å²) in [5.41, 5.74) is 3.32. The number of fused-ring (bicyclic) bond motifs is 1. The number of hydrogen-bond acceptors (Lipinski definition) is 7. The van der Waals surface area contributed by atoms with E-state index in [9.17, 15) is 19.2 Å². The number of unbranched alkanes of at least 4 members (excludes halogenated alkanes) is 3. The molecule has 1 aliphatic carbocycles. The Labute approximate surface area is 314 Å². The number of carbonyl (C=O) groups is 4. The lowest BCUT2D eigenvalue weighted by Crippen LogP contribution is -2.42. The molecule has 12 heteroatoms. The van der Waals surface area contributed by atoms with Crippen LogP contribution in [0.4, 0.5) is 10.5 Å². The number of amides is 4. The molecular weight excluding hydrogens is 674 g/mol. The van der Waals surface area contributed by atoms with Crippen LogP contribution in [0.15, 0.2) is 54.6 Å². The number of para-hydroxylation sites is 1. The molecule has 1 aromatic heterocycles. The minimum absolute atomic E-state index is 0.0412. The summed E-state index contributed by atoms with van der Waals surface area (Å²) in [5.74, 6) is -0.285. The molecule has 4 amide bonds. The van der Waals surface area contributed by atoms with E-state index in [2.05, 4.69) is 35.9 Å². The fourth-order valence-electron chi connectivity index (χ4n) is 6.71. The second-order valence-corrected chi connectivity index (χ2v) is 13.4. The summed E-state index contributed by atoms with van der Waals surface area (Å²) in [6.07, 6.45) is 6.87. The number of alkyl carbamates (subject to hydrolysis) is 1. The molecule has 53 heavy (non-hydrogen) atoms. The summed E-state index contributed by atoms with van der Waals surface area (Å²) in [7, 11) is 0. The summed E-state index contributed by atoms with van der Waals surface area (Å²) in [6.45, 7) is 11.2. The van der Waals surface area contributed by atoms with Gasteiger partial charge in [0, 0.05) is 54.8 Å². The second kappa shape index (κ2) is 22.6. The van der Waals surface area contributed by atoms with Gasteiger partial charge >= 0.3 is 6.09 Å². The topological polar surface area (TPSA) is 140 Å². The van der Waals surface area contributed by atoms with E-state index in [-0.39, 0.29) is 42.8 Å². The number of ether oxygens (including phenoxy) is 3. The zero-order valence-corrected chi connectivity index (χ0v) is 31.5. The third-order valence-corrected chi connectivity index (χ3v) is 9.67. The number of aromatic nitrogens is 1. The van der Waals surface area contributed by atoms with Crippen LogP contribution in [-0.2, 0) is 36.8 Å². The van der Waals surface area contributed by atoms with Crippen molar-refractivity contribution in [3.05, 3.63) is 72.8 Å². The standard InChI is InChI=1S/C41H58N5O7/c1-4-31-14-13-16-35(28-31)45(5-2)38(47)30-46-36-17-10-9-15-33(36)29-37(46)40(49)44-34-20-18-32(19-21-34)39(48)42-22-11-7-8-12-23-43-41(50)53-27-26-52-25-24-51-6-3/h9-10,13-17,28-29,32,34H,3-8,11-12,18-27,30H2,1-2H3,(H,42,48)(H,43,50)(H,44,49)/t32-,34-. The number of nitrogens with zero attached hydrogens (tertiary/aromatic N) is 2. The highest BCUT2D eigenvalue weighted by atomic mass is 16.6. The van der Waals surface area contributed by atoms with Gasteiger partial charge in [-0.3, -0.25) is 14.4 Å². The van der Waals surface area contributed by atoms with Crippen molar-refractivity contribution in [3.8, 4) is 0 Å². The zero-order valence-electron chi connectivity index (χ0n) is 31.5. The lowest BCUT2D eigenvalue weighted by molar-refractivity contribution is -0.126. The summed E-state index contributed by atoms with van der Waals surface area (Å²) < 4.78 is 17.2. The Bertz CT molecular complexity index is 1600. The maximum absolute atomic E-state index is 13.7. The summed E-state index contributed by atoms with van der Waals surface area (Å²) >= 11 is 0. The number of hydrogen-bond donors (Lipinski definition) is 3. The third-order valence-electron chi connectivity index (χ3n) is 9.67. The van der Waals surface area contributed by atoms with Crippen molar-refractivity contribution >= 4 is 40.4 Å². The molecule has 0 saturated heterocycles. The highest BCUT2D eigenvalue weighted by molar-refractivity contribution is 6.01. The van der Waals surface area contributed by atoms with Crippen molar-refractivity contribution in [2.24, 2.45) is 5.92 Å². The maximum Gasteiger partial charge on any atom is 0.407 e. The predicted molar refractivity (Wildman–Crippen MR) is 207 cm³/mol. The van der Waals surface area contributed by atoms with Crippen molar-refractivity contribution in [1.29, 1.82) is 0 Å². The van der Waals surface area contributed by atoms with E-state index in [1.54, 1.807) is 4.90 Å². The number of rotatable bonds is 22. The molecule has 1 radical (unpaired) electrons. The van der Waals surface area contributed by atoms with Crippen molar-refractivity contribution in [2.45, 2.75) is 84.2 Å². The van der Waals surface area contributed by atoms with E-state index in [1.807, 2.05) is 60.0 Å². The first kappa shape index (κ1) is 41.3. The molecule has 0 unspecified atom stereocenters. The molecule has 1 aliphatic rings. The van der Waals surface area contributed by atoms with Crippen LogP contribution in [0, 0.1) is 12.8 Å². The van der Waals surface area contributed by atoms with E-state index in [0.29, 0.717) is 77.4 Å². The van der Waals surface area contributed by atoms with E-state index in [1.165, 1.54) is 0 Å². The van der Waals surface area contributed by atoms with E-state index in [4.69, 9.17) is 14.2 Å². The largest absolute Gasteiger partial charge is 0.447 e. The number of nitrogens with one attached hydrogen (secondary N) is 3. The molecular formula is C41H58N5O7. The van der Waals surface area contributed by atoms with Crippen molar-refractivity contribution in [3.63, 3.8) is 0 Å². The Morgan fingerprint density at radius 1 is 0.830 bits per heavy atom. The van der Waals surface area contributed by atoms with Gasteiger partial charge in [-0.15, -0.1) is 0 Å². The first-order chi connectivity index (χ1) is 25.8. The molecule has 1 fully saturated rings. The first-order valence-corrected chi connectivity index (χ1v) is 19.3. The first-order valence-electron chi connectivity index (χ1n) is 19.3. The molecule has 3 N–H and O–H groups in total. The number of anilines is 1. The van der Waals surface area contributed by atoms with Crippen LogP contribution in [0.1, 0.15) is 81.3 Å². The van der Waals surface area contributed by atoms with E-state index < -0.39 is 6.09 Å². The molecule has 0 atom stereocenters. The van der Waals surface area contributed by atoms with Crippen molar-refractivity contribution < 1.29 is 33.4 Å².